The van der Waals surface area contributed by atoms with Crippen LogP contribution in [0.25, 0.3) is 0 Å². The molecule has 5 nitrogen and oxygen atoms in total. The van der Waals surface area contributed by atoms with Crippen LogP contribution in [0.5, 0.6) is 0 Å². The van der Waals surface area contributed by atoms with E-state index in [2.05, 4.69) is 0 Å². The Hall–Kier alpha value is -0.810. The highest BCUT2D eigenvalue weighted by atomic mass is 16.6. The molecule has 0 radical (unpaired) electrons. The fraction of sp³-hybridized carbons (Fsp3) is 0.909. The zero-order valence-corrected chi connectivity index (χ0v) is 10.1. The number of β-amino-alcohol motifs (C(OH)–C–C–N with tert-alkyl or cyclic N) is 1. The predicted octanol–water partition coefficient (Wildman–Crippen LogP) is 0.739. The molecule has 1 heterocycles. The largest absolute Gasteiger partial charge is 0.444 e. The molecule has 0 unspecified atom stereocenters. The molecule has 0 spiro atoms. The highest BCUT2D eigenvalue weighted by Gasteiger charge is 2.29. The van der Waals surface area contributed by atoms with Gasteiger partial charge in [-0.05, 0) is 33.6 Å². The predicted molar refractivity (Wildman–Crippen MR) is 59.1 cm³/mol. The van der Waals surface area contributed by atoms with E-state index < -0.39 is 23.9 Å². The zero-order chi connectivity index (χ0) is 12.3. The van der Waals surface area contributed by atoms with E-state index in [1.165, 1.54) is 4.90 Å². The van der Waals surface area contributed by atoms with Crippen molar-refractivity contribution in [1.82, 2.24) is 4.90 Å². The Kier molecular flexibility index (Phi) is 4.15. The van der Waals surface area contributed by atoms with Crippen LogP contribution in [0.15, 0.2) is 0 Å². The van der Waals surface area contributed by atoms with Crippen molar-refractivity contribution in [3.8, 4) is 0 Å². The number of hydrogen-bond donors (Lipinski definition) is 2. The van der Waals surface area contributed by atoms with Crippen molar-refractivity contribution in [2.24, 2.45) is 0 Å². The molecule has 0 bridgehead atoms. The summed E-state index contributed by atoms with van der Waals surface area (Å²) in [7, 11) is 0. The van der Waals surface area contributed by atoms with E-state index in [9.17, 15) is 15.0 Å². The second kappa shape index (κ2) is 5.01. The van der Waals surface area contributed by atoms with Gasteiger partial charge in [0.05, 0.1) is 18.8 Å². The third kappa shape index (κ3) is 3.98. The van der Waals surface area contributed by atoms with Crippen molar-refractivity contribution < 1.29 is 19.7 Å². The van der Waals surface area contributed by atoms with E-state index >= 15 is 0 Å². The van der Waals surface area contributed by atoms with Crippen LogP contribution in [-0.2, 0) is 4.74 Å². The van der Waals surface area contributed by atoms with Crippen molar-refractivity contribution in [1.29, 1.82) is 0 Å². The number of nitrogens with zero attached hydrogens (tertiary/aromatic N) is 1. The molecule has 1 amide bonds. The fourth-order valence-electron chi connectivity index (χ4n) is 1.61. The molecule has 1 rings (SSSR count). The second-order valence-electron chi connectivity index (χ2n) is 5.20. The minimum Gasteiger partial charge on any atom is -0.444 e. The van der Waals surface area contributed by atoms with Crippen LogP contribution < -0.4 is 0 Å². The van der Waals surface area contributed by atoms with E-state index in [0.717, 1.165) is 0 Å². The molecule has 1 fully saturated rings. The quantitative estimate of drug-likeness (QED) is 0.645. The molecule has 94 valence electrons. The maximum atomic E-state index is 11.7. The molecule has 0 aromatic rings. The van der Waals surface area contributed by atoms with E-state index in [4.69, 9.17) is 4.74 Å². The molecular formula is C11H21NO4. The van der Waals surface area contributed by atoms with Gasteiger partial charge in [-0.2, -0.15) is 0 Å². The maximum absolute atomic E-state index is 11.7. The maximum Gasteiger partial charge on any atom is 0.410 e. The van der Waals surface area contributed by atoms with Gasteiger partial charge in [-0.3, -0.25) is 0 Å². The van der Waals surface area contributed by atoms with Crippen LogP contribution in [0.4, 0.5) is 4.79 Å². The van der Waals surface area contributed by atoms with Gasteiger partial charge in [-0.15, -0.1) is 0 Å². The van der Waals surface area contributed by atoms with Crippen LogP contribution >= 0.6 is 0 Å². The first kappa shape index (κ1) is 13.3. The third-order valence-electron chi connectivity index (χ3n) is 2.43. The fourth-order valence-corrected chi connectivity index (χ4v) is 1.61. The van der Waals surface area contributed by atoms with Gasteiger partial charge in [-0.1, -0.05) is 0 Å². The lowest BCUT2D eigenvalue weighted by molar-refractivity contribution is -0.00592. The van der Waals surface area contributed by atoms with E-state index in [1.54, 1.807) is 20.8 Å². The average Bonchev–Trinajstić information content (AvgIpc) is 2.27. The summed E-state index contributed by atoms with van der Waals surface area (Å²) in [5.74, 6) is 0. The molecule has 0 aliphatic carbocycles. The van der Waals surface area contributed by atoms with Crippen molar-refractivity contribution in [3.63, 3.8) is 0 Å². The highest BCUT2D eigenvalue weighted by Crippen LogP contribution is 2.15. The monoisotopic (exact) mass is 231 g/mol. The van der Waals surface area contributed by atoms with Crippen LogP contribution in [0.2, 0.25) is 0 Å². The molecule has 1 aliphatic rings. The smallest absolute Gasteiger partial charge is 0.410 e. The van der Waals surface area contributed by atoms with Gasteiger partial charge in [0, 0.05) is 6.54 Å². The summed E-state index contributed by atoms with van der Waals surface area (Å²) in [6, 6.07) is 0. The molecule has 2 atom stereocenters. The molecular weight excluding hydrogens is 210 g/mol. The van der Waals surface area contributed by atoms with Crippen molar-refractivity contribution in [2.45, 2.75) is 51.4 Å². The standard InChI is InChI=1S/C11H21NO4/c1-11(2,3)16-10(15)12-6-4-5-8(13)9(14)7-12/h8-9,13-14H,4-7H2,1-3H3/t8-,9-/m1/s1. The average molecular weight is 231 g/mol. The van der Waals surface area contributed by atoms with Crippen molar-refractivity contribution >= 4 is 6.09 Å². The summed E-state index contributed by atoms with van der Waals surface area (Å²) < 4.78 is 5.21. The van der Waals surface area contributed by atoms with Crippen LogP contribution in [-0.4, -0.2) is 52.1 Å². The Morgan fingerprint density at radius 2 is 1.94 bits per heavy atom. The Labute approximate surface area is 96.0 Å². The van der Waals surface area contributed by atoms with E-state index in [-0.39, 0.29) is 6.54 Å². The number of carbonyl (C=O) groups excluding carboxylic acids is 1. The molecule has 5 heteroatoms. The Balaban J connectivity index is 2.56. The van der Waals surface area contributed by atoms with Gasteiger partial charge in [0.15, 0.2) is 0 Å². The molecule has 0 aromatic carbocycles. The minimum absolute atomic E-state index is 0.135. The van der Waals surface area contributed by atoms with Crippen molar-refractivity contribution in [3.05, 3.63) is 0 Å². The zero-order valence-electron chi connectivity index (χ0n) is 10.1. The number of aliphatic hydroxyl groups is 2. The summed E-state index contributed by atoms with van der Waals surface area (Å²) in [6.45, 7) is 6.05. The van der Waals surface area contributed by atoms with Crippen LogP contribution in [0, 0.1) is 0 Å². The summed E-state index contributed by atoms with van der Waals surface area (Å²) >= 11 is 0. The number of likely N-dealkylation sites (tertiary alicyclic amines) is 1. The van der Waals surface area contributed by atoms with Gasteiger partial charge in [0.25, 0.3) is 0 Å². The van der Waals surface area contributed by atoms with Gasteiger partial charge < -0.3 is 19.8 Å². The number of amides is 1. The first-order valence-electron chi connectivity index (χ1n) is 5.63. The number of carbonyl (C=O) groups is 1. The number of rotatable bonds is 0. The van der Waals surface area contributed by atoms with Crippen molar-refractivity contribution in [2.75, 3.05) is 13.1 Å². The molecule has 16 heavy (non-hydrogen) atoms. The first-order valence-corrected chi connectivity index (χ1v) is 5.63. The first-order chi connectivity index (χ1) is 7.29. The Morgan fingerprint density at radius 1 is 1.31 bits per heavy atom. The summed E-state index contributed by atoms with van der Waals surface area (Å²) in [6.07, 6.45) is -0.860. The number of hydrogen-bond acceptors (Lipinski definition) is 4. The summed E-state index contributed by atoms with van der Waals surface area (Å²) in [4.78, 5) is 13.2. The lowest BCUT2D eigenvalue weighted by Gasteiger charge is -2.27. The summed E-state index contributed by atoms with van der Waals surface area (Å²) in [5.41, 5.74) is -0.535. The van der Waals surface area contributed by atoms with E-state index in [1.807, 2.05) is 0 Å². The topological polar surface area (TPSA) is 70.0 Å². The lowest BCUT2D eigenvalue weighted by Crippen LogP contribution is -2.42. The lowest BCUT2D eigenvalue weighted by atomic mass is 10.1. The highest BCUT2D eigenvalue weighted by molar-refractivity contribution is 5.68. The number of aliphatic hydroxyl groups excluding tert-OH is 2. The van der Waals surface area contributed by atoms with Gasteiger partial charge in [-0.25, -0.2) is 4.79 Å². The molecule has 0 aromatic heterocycles. The molecule has 1 aliphatic heterocycles. The normalized spacial score (nSPS) is 27.4. The van der Waals surface area contributed by atoms with Gasteiger partial charge in [0.1, 0.15) is 5.60 Å². The van der Waals surface area contributed by atoms with Gasteiger partial charge >= 0.3 is 6.09 Å². The Bertz CT molecular complexity index is 249. The molecule has 2 N–H and O–H groups in total. The SMILES string of the molecule is CC(C)(C)OC(=O)N1CCC[C@@H](O)[C@H](O)C1. The van der Waals surface area contributed by atoms with Crippen LogP contribution in [0.3, 0.4) is 0 Å². The second-order valence-corrected chi connectivity index (χ2v) is 5.20. The summed E-state index contributed by atoms with van der Waals surface area (Å²) in [5, 5.41) is 19.0. The molecule has 0 saturated carbocycles. The Morgan fingerprint density at radius 3 is 2.50 bits per heavy atom. The third-order valence-corrected chi connectivity index (χ3v) is 2.43. The number of ether oxygens (including phenoxy) is 1. The van der Waals surface area contributed by atoms with Gasteiger partial charge in [0.2, 0.25) is 0 Å². The van der Waals surface area contributed by atoms with Crippen LogP contribution in [0.1, 0.15) is 33.6 Å². The van der Waals surface area contributed by atoms with E-state index in [0.29, 0.717) is 19.4 Å². The molecule has 1 saturated heterocycles. The minimum atomic E-state index is -0.880.